The molecule has 8 heteroatoms. The number of nitrogens with zero attached hydrogens (tertiary/aromatic N) is 2. The number of carbonyl (C=O) groups is 1. The third-order valence-electron chi connectivity index (χ3n) is 4.54. The Hall–Kier alpha value is -1.77. The number of halogens is 2. The van der Waals surface area contributed by atoms with Gasteiger partial charge in [-0.25, -0.2) is 12.8 Å². The van der Waals surface area contributed by atoms with E-state index >= 15 is 0 Å². The van der Waals surface area contributed by atoms with Gasteiger partial charge in [0.1, 0.15) is 5.82 Å². The minimum atomic E-state index is -3.67. The Labute approximate surface area is 174 Å². The highest BCUT2D eigenvalue weighted by molar-refractivity contribution is 9.10. The molecule has 2 rings (SSSR count). The zero-order valence-corrected chi connectivity index (χ0v) is 18.8. The Balaban J connectivity index is 2.36. The van der Waals surface area contributed by atoms with Gasteiger partial charge in [-0.15, -0.1) is 0 Å². The predicted molar refractivity (Wildman–Crippen MR) is 111 cm³/mol. The lowest BCUT2D eigenvalue weighted by atomic mass is 10.1. The van der Waals surface area contributed by atoms with Crippen LogP contribution < -0.4 is 0 Å². The van der Waals surface area contributed by atoms with Crippen molar-refractivity contribution >= 4 is 31.9 Å². The Morgan fingerprint density at radius 1 is 1.11 bits per heavy atom. The number of rotatable bonds is 7. The molecular formula is C20H24BrFN2O3S. The summed E-state index contributed by atoms with van der Waals surface area (Å²) in [6, 6.07) is 9.07. The Kier molecular flexibility index (Phi) is 7.36. The van der Waals surface area contributed by atoms with Crippen molar-refractivity contribution in [3.63, 3.8) is 0 Å². The van der Waals surface area contributed by atoms with Crippen molar-refractivity contribution in [2.24, 2.45) is 0 Å². The van der Waals surface area contributed by atoms with Crippen LogP contribution in [-0.2, 0) is 16.6 Å². The summed E-state index contributed by atoms with van der Waals surface area (Å²) in [6.07, 6.45) is 0. The largest absolute Gasteiger partial charge is 0.337 e. The zero-order valence-electron chi connectivity index (χ0n) is 16.4. The van der Waals surface area contributed by atoms with E-state index in [1.807, 2.05) is 0 Å². The lowest BCUT2D eigenvalue weighted by Gasteiger charge is -2.21. The molecule has 0 saturated heterocycles. The normalized spacial score (nSPS) is 11.7. The van der Waals surface area contributed by atoms with Crippen LogP contribution >= 0.6 is 15.9 Å². The maximum Gasteiger partial charge on any atom is 0.254 e. The lowest BCUT2D eigenvalue weighted by Crippen LogP contribution is -2.31. The molecule has 0 spiro atoms. The Bertz CT molecular complexity index is 975. The van der Waals surface area contributed by atoms with Gasteiger partial charge < -0.3 is 4.90 Å². The number of amides is 1. The first-order valence-electron chi connectivity index (χ1n) is 8.92. The van der Waals surface area contributed by atoms with Crippen molar-refractivity contribution in [3.8, 4) is 0 Å². The Morgan fingerprint density at radius 3 is 2.36 bits per heavy atom. The molecule has 28 heavy (non-hydrogen) atoms. The monoisotopic (exact) mass is 470 g/mol. The first-order valence-corrected chi connectivity index (χ1v) is 11.1. The highest BCUT2D eigenvalue weighted by Gasteiger charge is 2.24. The number of hydrogen-bond acceptors (Lipinski definition) is 3. The number of sulfonamides is 1. The van der Waals surface area contributed by atoms with Gasteiger partial charge in [0.15, 0.2) is 0 Å². The molecule has 0 bridgehead atoms. The zero-order chi connectivity index (χ0) is 21.1. The van der Waals surface area contributed by atoms with E-state index in [-0.39, 0.29) is 22.9 Å². The second kappa shape index (κ2) is 9.15. The number of hydrogen-bond donors (Lipinski definition) is 0. The molecule has 0 radical (unpaired) electrons. The maximum atomic E-state index is 14.0. The first kappa shape index (κ1) is 22.5. The fourth-order valence-corrected chi connectivity index (χ4v) is 4.80. The van der Waals surface area contributed by atoms with Crippen LogP contribution in [0.2, 0.25) is 0 Å². The van der Waals surface area contributed by atoms with Crippen LogP contribution in [0.4, 0.5) is 4.39 Å². The summed E-state index contributed by atoms with van der Waals surface area (Å²) in [5.41, 5.74) is 1.31. The Morgan fingerprint density at radius 2 is 1.75 bits per heavy atom. The summed E-state index contributed by atoms with van der Waals surface area (Å²) < 4.78 is 41.6. The van der Waals surface area contributed by atoms with E-state index < -0.39 is 15.8 Å². The van der Waals surface area contributed by atoms with Crippen molar-refractivity contribution in [1.82, 2.24) is 9.21 Å². The standard InChI is InChI=1S/C20H24BrFN2O3S/c1-5-24(6-2)28(26,27)17-9-7-14(3)18(12-17)20(25)23(4)13-15-11-16(21)8-10-19(15)22/h7-12H,5-6,13H2,1-4H3. The molecule has 1 amide bonds. The average molecular weight is 471 g/mol. The van der Waals surface area contributed by atoms with Gasteiger partial charge >= 0.3 is 0 Å². The van der Waals surface area contributed by atoms with Crippen molar-refractivity contribution < 1.29 is 17.6 Å². The van der Waals surface area contributed by atoms with E-state index in [1.165, 1.54) is 27.4 Å². The quantitative estimate of drug-likeness (QED) is 0.609. The first-order chi connectivity index (χ1) is 13.1. The summed E-state index contributed by atoms with van der Waals surface area (Å²) >= 11 is 3.30. The van der Waals surface area contributed by atoms with E-state index in [9.17, 15) is 17.6 Å². The van der Waals surface area contributed by atoms with Crippen molar-refractivity contribution in [2.75, 3.05) is 20.1 Å². The highest BCUT2D eigenvalue weighted by atomic mass is 79.9. The van der Waals surface area contributed by atoms with Crippen LogP contribution in [0.5, 0.6) is 0 Å². The third-order valence-corrected chi connectivity index (χ3v) is 7.08. The van der Waals surface area contributed by atoms with Crippen molar-refractivity contribution in [3.05, 3.63) is 63.4 Å². The lowest BCUT2D eigenvalue weighted by molar-refractivity contribution is 0.0783. The average Bonchev–Trinajstić information content (AvgIpc) is 2.65. The van der Waals surface area contributed by atoms with E-state index in [1.54, 1.807) is 46.0 Å². The van der Waals surface area contributed by atoms with Crippen LogP contribution in [0.15, 0.2) is 45.8 Å². The number of carbonyl (C=O) groups excluding carboxylic acids is 1. The van der Waals surface area contributed by atoms with Gasteiger partial charge in [0.25, 0.3) is 5.91 Å². The van der Waals surface area contributed by atoms with Crippen LogP contribution in [0, 0.1) is 12.7 Å². The number of aryl methyl sites for hydroxylation is 1. The minimum Gasteiger partial charge on any atom is -0.337 e. The molecule has 0 saturated carbocycles. The minimum absolute atomic E-state index is 0.0660. The third kappa shape index (κ3) is 4.79. The van der Waals surface area contributed by atoms with Crippen LogP contribution in [0.3, 0.4) is 0 Å². The fraction of sp³-hybridized carbons (Fsp3) is 0.350. The van der Waals surface area contributed by atoms with Gasteiger partial charge in [-0.2, -0.15) is 4.31 Å². The molecule has 0 aliphatic heterocycles. The van der Waals surface area contributed by atoms with E-state index in [2.05, 4.69) is 15.9 Å². The van der Waals surface area contributed by atoms with E-state index in [0.29, 0.717) is 28.7 Å². The van der Waals surface area contributed by atoms with Crippen molar-refractivity contribution in [1.29, 1.82) is 0 Å². The second-order valence-electron chi connectivity index (χ2n) is 6.46. The molecule has 0 unspecified atom stereocenters. The van der Waals surface area contributed by atoms with Gasteiger partial charge in [-0.05, 0) is 42.8 Å². The predicted octanol–water partition coefficient (Wildman–Crippen LogP) is 4.20. The molecule has 0 N–H and O–H groups in total. The molecule has 0 aliphatic rings. The van der Waals surface area contributed by atoms with Gasteiger partial charge in [-0.1, -0.05) is 35.8 Å². The van der Waals surface area contributed by atoms with Crippen molar-refractivity contribution in [2.45, 2.75) is 32.2 Å². The highest BCUT2D eigenvalue weighted by Crippen LogP contribution is 2.22. The summed E-state index contributed by atoms with van der Waals surface area (Å²) in [7, 11) is -2.11. The van der Waals surface area contributed by atoms with Crippen LogP contribution in [-0.4, -0.2) is 43.7 Å². The molecular weight excluding hydrogens is 447 g/mol. The molecule has 2 aromatic carbocycles. The molecule has 0 aromatic heterocycles. The van der Waals surface area contributed by atoms with Gasteiger partial charge in [0.2, 0.25) is 10.0 Å². The summed E-state index contributed by atoms with van der Waals surface area (Å²) in [4.78, 5) is 14.4. The number of benzene rings is 2. The molecule has 0 aliphatic carbocycles. The van der Waals surface area contributed by atoms with E-state index in [0.717, 1.165) is 0 Å². The van der Waals surface area contributed by atoms with Gasteiger partial charge in [0.05, 0.1) is 4.90 Å². The summed E-state index contributed by atoms with van der Waals surface area (Å²) in [5, 5.41) is 0. The fourth-order valence-electron chi connectivity index (χ4n) is 2.90. The molecule has 0 heterocycles. The molecule has 152 valence electrons. The molecule has 2 aromatic rings. The van der Waals surface area contributed by atoms with Crippen LogP contribution in [0.1, 0.15) is 35.3 Å². The summed E-state index contributed by atoms with van der Waals surface area (Å²) in [5.74, 6) is -0.772. The SMILES string of the molecule is CCN(CC)S(=O)(=O)c1ccc(C)c(C(=O)N(C)Cc2cc(Br)ccc2F)c1. The molecule has 5 nitrogen and oxygen atoms in total. The molecule has 0 fully saturated rings. The topological polar surface area (TPSA) is 57.7 Å². The summed E-state index contributed by atoms with van der Waals surface area (Å²) in [6.45, 7) is 6.03. The smallest absolute Gasteiger partial charge is 0.254 e. The van der Waals surface area contributed by atoms with Gasteiger partial charge in [-0.3, -0.25) is 4.79 Å². The second-order valence-corrected chi connectivity index (χ2v) is 9.32. The van der Waals surface area contributed by atoms with Gasteiger partial charge in [0, 0.05) is 42.3 Å². The van der Waals surface area contributed by atoms with E-state index in [4.69, 9.17) is 0 Å². The maximum absolute atomic E-state index is 14.0. The molecule has 0 atom stereocenters. The van der Waals surface area contributed by atoms with Crippen LogP contribution in [0.25, 0.3) is 0 Å².